The quantitative estimate of drug-likeness (QED) is 0.784. The molecule has 0 saturated carbocycles. The molecule has 1 aromatic heterocycles. The first-order valence-electron chi connectivity index (χ1n) is 8.11. The molecular weight excluding hydrogens is 355 g/mol. The highest BCUT2D eigenvalue weighted by Crippen LogP contribution is 2.29. The number of cyclic esters (lactones) is 1. The van der Waals surface area contributed by atoms with Gasteiger partial charge in [-0.25, -0.2) is 14.8 Å². The maximum absolute atomic E-state index is 12.9. The summed E-state index contributed by atoms with van der Waals surface area (Å²) in [5.41, 5.74) is -0.981. The Morgan fingerprint density at radius 2 is 1.88 bits per heavy atom. The molecule has 0 spiro atoms. The summed E-state index contributed by atoms with van der Waals surface area (Å²) in [6.45, 7) is 3.39. The average Bonchev–Trinajstić information content (AvgIpc) is 2.98. The zero-order valence-electron chi connectivity index (χ0n) is 14.1. The van der Waals surface area contributed by atoms with Gasteiger partial charge in [0, 0.05) is 32.2 Å². The third-order valence-corrected chi connectivity index (χ3v) is 4.24. The minimum Gasteiger partial charge on any atom is -0.448 e. The van der Waals surface area contributed by atoms with E-state index in [0.29, 0.717) is 32.7 Å². The van der Waals surface area contributed by atoms with Gasteiger partial charge >= 0.3 is 12.3 Å². The molecule has 0 aromatic carbocycles. The predicted molar refractivity (Wildman–Crippen MR) is 83.5 cm³/mol. The van der Waals surface area contributed by atoms with Crippen LogP contribution < -0.4 is 4.90 Å². The van der Waals surface area contributed by atoms with E-state index in [1.165, 1.54) is 11.8 Å². The van der Waals surface area contributed by atoms with E-state index in [2.05, 4.69) is 9.97 Å². The number of piperazine rings is 1. The lowest BCUT2D eigenvalue weighted by atomic mass is 10.2. The van der Waals surface area contributed by atoms with Crippen LogP contribution in [0.3, 0.4) is 0 Å². The molecule has 3 rings (SSSR count). The molecule has 0 atom stereocenters. The van der Waals surface area contributed by atoms with Crippen molar-refractivity contribution in [3.63, 3.8) is 0 Å². The van der Waals surface area contributed by atoms with E-state index in [1.54, 1.807) is 9.80 Å². The molecular formula is C15H18F3N5O3. The first-order chi connectivity index (χ1) is 12.2. The summed E-state index contributed by atoms with van der Waals surface area (Å²) in [6, 6.07) is 0.921. The van der Waals surface area contributed by atoms with Crippen molar-refractivity contribution in [3.8, 4) is 0 Å². The summed E-state index contributed by atoms with van der Waals surface area (Å²) in [6.07, 6.45) is -5.04. The van der Waals surface area contributed by atoms with Crippen molar-refractivity contribution in [2.45, 2.75) is 13.1 Å². The number of ether oxygens (including phenoxy) is 1. The number of anilines is 1. The minimum atomic E-state index is -4.54. The first-order valence-corrected chi connectivity index (χ1v) is 8.11. The Hall–Kier alpha value is -2.59. The lowest BCUT2D eigenvalue weighted by Gasteiger charge is -2.36. The Bertz CT molecular complexity index is 704. The van der Waals surface area contributed by atoms with Crippen molar-refractivity contribution < 1.29 is 27.5 Å². The number of alkyl halides is 3. The molecule has 0 bridgehead atoms. The highest BCUT2D eigenvalue weighted by atomic mass is 19.4. The van der Waals surface area contributed by atoms with E-state index in [0.717, 1.165) is 6.07 Å². The second kappa shape index (κ2) is 6.96. The average molecular weight is 373 g/mol. The van der Waals surface area contributed by atoms with Crippen molar-refractivity contribution in [3.05, 3.63) is 17.6 Å². The van der Waals surface area contributed by atoms with Gasteiger partial charge in [-0.05, 0) is 6.92 Å². The molecule has 2 fully saturated rings. The minimum absolute atomic E-state index is 0.0425. The van der Waals surface area contributed by atoms with Crippen molar-refractivity contribution in [2.75, 3.05) is 50.8 Å². The fourth-order valence-corrected chi connectivity index (χ4v) is 2.88. The molecule has 0 aliphatic carbocycles. The van der Waals surface area contributed by atoms with E-state index in [4.69, 9.17) is 4.74 Å². The third kappa shape index (κ3) is 3.97. The van der Waals surface area contributed by atoms with Gasteiger partial charge in [0.1, 0.15) is 30.5 Å². The van der Waals surface area contributed by atoms with Gasteiger partial charge in [-0.3, -0.25) is 9.69 Å². The number of rotatable bonds is 3. The number of aryl methyl sites for hydroxylation is 1. The fraction of sp³-hybridized carbons (Fsp3) is 0.600. The van der Waals surface area contributed by atoms with Crippen LogP contribution >= 0.6 is 0 Å². The monoisotopic (exact) mass is 373 g/mol. The Balaban J connectivity index is 1.61. The summed E-state index contributed by atoms with van der Waals surface area (Å²) in [5.74, 6) is 0.0271. The van der Waals surface area contributed by atoms with Crippen LogP contribution in [0, 0.1) is 6.92 Å². The molecule has 1 aromatic rings. The van der Waals surface area contributed by atoms with Gasteiger partial charge < -0.3 is 14.5 Å². The predicted octanol–water partition coefficient (Wildman–Crippen LogP) is 0.905. The first kappa shape index (κ1) is 18.2. The normalized spacial score (nSPS) is 18.3. The Labute approximate surface area is 147 Å². The van der Waals surface area contributed by atoms with Crippen LogP contribution in [0.2, 0.25) is 0 Å². The molecule has 2 amide bonds. The summed E-state index contributed by atoms with van der Waals surface area (Å²) in [4.78, 5) is 35.8. The van der Waals surface area contributed by atoms with Gasteiger partial charge in [0.25, 0.3) is 0 Å². The summed E-state index contributed by atoms with van der Waals surface area (Å²) in [7, 11) is 0. The van der Waals surface area contributed by atoms with Gasteiger partial charge in [0.2, 0.25) is 5.91 Å². The molecule has 26 heavy (non-hydrogen) atoms. The molecule has 0 unspecified atom stereocenters. The zero-order chi connectivity index (χ0) is 18.9. The fourth-order valence-electron chi connectivity index (χ4n) is 2.88. The standard InChI is InChI=1S/C15H18F3N5O3/c1-10-19-11(15(16,17)18)8-12(20-10)21-2-4-22(5-3-21)13(24)9-23-6-7-26-14(23)25/h8H,2-7,9H2,1H3. The van der Waals surface area contributed by atoms with E-state index in [1.807, 2.05) is 0 Å². The molecule has 142 valence electrons. The summed E-state index contributed by atoms with van der Waals surface area (Å²) in [5, 5.41) is 0. The Morgan fingerprint density at radius 3 is 2.46 bits per heavy atom. The molecule has 2 saturated heterocycles. The number of carbonyl (C=O) groups is 2. The molecule has 0 N–H and O–H groups in total. The number of nitrogens with zero attached hydrogens (tertiary/aromatic N) is 5. The van der Waals surface area contributed by atoms with Crippen molar-refractivity contribution in [2.24, 2.45) is 0 Å². The number of aromatic nitrogens is 2. The van der Waals surface area contributed by atoms with Crippen LogP contribution in [0.1, 0.15) is 11.5 Å². The van der Waals surface area contributed by atoms with Gasteiger partial charge in [0.05, 0.1) is 6.54 Å². The molecule has 3 heterocycles. The SMILES string of the molecule is Cc1nc(N2CCN(C(=O)CN3CCOC3=O)CC2)cc(C(F)(F)F)n1. The summed E-state index contributed by atoms with van der Waals surface area (Å²) >= 11 is 0. The lowest BCUT2D eigenvalue weighted by Crippen LogP contribution is -2.51. The number of carbonyl (C=O) groups excluding carboxylic acids is 2. The maximum atomic E-state index is 12.9. The summed E-state index contributed by atoms with van der Waals surface area (Å²) < 4.78 is 43.5. The topological polar surface area (TPSA) is 78.9 Å². The Morgan fingerprint density at radius 1 is 1.19 bits per heavy atom. The van der Waals surface area contributed by atoms with Gasteiger partial charge in [-0.2, -0.15) is 13.2 Å². The van der Waals surface area contributed by atoms with E-state index in [9.17, 15) is 22.8 Å². The van der Waals surface area contributed by atoms with Crippen LogP contribution in [-0.2, 0) is 15.7 Å². The third-order valence-electron chi connectivity index (χ3n) is 4.24. The molecule has 8 nitrogen and oxygen atoms in total. The number of amides is 2. The largest absolute Gasteiger partial charge is 0.448 e. The van der Waals surface area contributed by atoms with Crippen LogP contribution in [0.25, 0.3) is 0 Å². The Kier molecular flexibility index (Phi) is 4.88. The van der Waals surface area contributed by atoms with Crippen LogP contribution in [-0.4, -0.2) is 77.6 Å². The highest BCUT2D eigenvalue weighted by Gasteiger charge is 2.34. The molecule has 11 heteroatoms. The zero-order valence-corrected chi connectivity index (χ0v) is 14.1. The number of halogens is 3. The van der Waals surface area contributed by atoms with Crippen LogP contribution in [0.5, 0.6) is 0 Å². The van der Waals surface area contributed by atoms with Gasteiger partial charge in [-0.15, -0.1) is 0 Å². The van der Waals surface area contributed by atoms with Crippen LogP contribution in [0.15, 0.2) is 6.07 Å². The van der Waals surface area contributed by atoms with E-state index < -0.39 is 18.0 Å². The second-order valence-electron chi connectivity index (χ2n) is 6.06. The van der Waals surface area contributed by atoms with Crippen molar-refractivity contribution >= 4 is 17.8 Å². The van der Waals surface area contributed by atoms with E-state index >= 15 is 0 Å². The second-order valence-corrected chi connectivity index (χ2v) is 6.06. The molecule has 2 aliphatic heterocycles. The van der Waals surface area contributed by atoms with Crippen LogP contribution in [0.4, 0.5) is 23.8 Å². The number of hydrogen-bond acceptors (Lipinski definition) is 6. The molecule has 0 radical (unpaired) electrons. The smallest absolute Gasteiger partial charge is 0.433 e. The lowest BCUT2D eigenvalue weighted by molar-refractivity contribution is -0.141. The van der Waals surface area contributed by atoms with E-state index in [-0.39, 0.29) is 30.7 Å². The van der Waals surface area contributed by atoms with Crippen molar-refractivity contribution in [1.82, 2.24) is 19.8 Å². The maximum Gasteiger partial charge on any atom is 0.433 e. The van der Waals surface area contributed by atoms with Gasteiger partial charge in [0.15, 0.2) is 0 Å². The molecule has 2 aliphatic rings. The van der Waals surface area contributed by atoms with Crippen molar-refractivity contribution in [1.29, 1.82) is 0 Å². The van der Waals surface area contributed by atoms with Gasteiger partial charge in [-0.1, -0.05) is 0 Å². The highest BCUT2D eigenvalue weighted by molar-refractivity contribution is 5.83. The number of hydrogen-bond donors (Lipinski definition) is 0.